The van der Waals surface area contributed by atoms with Gasteiger partial charge < -0.3 is 52.1 Å². The van der Waals surface area contributed by atoms with Gasteiger partial charge in [0.25, 0.3) is 5.69 Å². The first kappa shape index (κ1) is 37.3. The second kappa shape index (κ2) is 27.2. The molecule has 0 atom stereocenters. The van der Waals surface area contributed by atoms with Gasteiger partial charge in [0.1, 0.15) is 12.4 Å². The van der Waals surface area contributed by atoms with Crippen LogP contribution >= 0.6 is 11.6 Å². The number of nitro benzene ring substituents is 1. The van der Waals surface area contributed by atoms with Crippen molar-refractivity contribution in [2.75, 3.05) is 127 Å². The lowest BCUT2D eigenvalue weighted by Gasteiger charge is -2.13. The molecule has 0 unspecified atom stereocenters. The van der Waals surface area contributed by atoms with E-state index in [0.29, 0.717) is 111 Å². The van der Waals surface area contributed by atoms with Gasteiger partial charge in [-0.05, 0) is 6.07 Å². The highest BCUT2D eigenvalue weighted by molar-refractivity contribution is 6.30. The van der Waals surface area contributed by atoms with Crippen LogP contribution in [0.2, 0.25) is 5.02 Å². The Balaban J connectivity index is 1.73. The van der Waals surface area contributed by atoms with E-state index in [-0.39, 0.29) is 23.6 Å². The number of ether oxygens (including phenoxy) is 11. The third kappa shape index (κ3) is 22.6. The van der Waals surface area contributed by atoms with Gasteiger partial charge in [-0.3, -0.25) is 10.1 Å². The van der Waals surface area contributed by atoms with Crippen LogP contribution in [0.25, 0.3) is 0 Å². The number of hydrogen-bond acceptors (Lipinski definition) is 13. The molecule has 1 rings (SSSR count). The first-order valence-corrected chi connectivity index (χ1v) is 13.7. The average molecular weight is 614 g/mol. The van der Waals surface area contributed by atoms with Gasteiger partial charge in [-0.2, -0.15) is 0 Å². The summed E-state index contributed by atoms with van der Waals surface area (Å²) in [6.45, 7) is 7.39. The lowest BCUT2D eigenvalue weighted by molar-refractivity contribution is -0.384. The molecule has 41 heavy (non-hydrogen) atoms. The van der Waals surface area contributed by atoms with Gasteiger partial charge in [0, 0.05) is 20.3 Å². The Hall–Kier alpha value is -1.69. The average Bonchev–Trinajstić information content (AvgIpc) is 2.96. The Morgan fingerprint density at radius 3 is 1.34 bits per heavy atom. The van der Waals surface area contributed by atoms with E-state index < -0.39 is 4.92 Å². The molecule has 0 aliphatic carbocycles. The fourth-order valence-corrected chi connectivity index (χ4v) is 3.13. The molecule has 0 aliphatic rings. The molecule has 15 heteroatoms. The Labute approximate surface area is 246 Å². The van der Waals surface area contributed by atoms with Gasteiger partial charge >= 0.3 is 0 Å². The van der Waals surface area contributed by atoms with Gasteiger partial charge in [0.15, 0.2) is 6.29 Å². The van der Waals surface area contributed by atoms with Crippen LogP contribution in [-0.4, -0.2) is 138 Å². The molecule has 0 aliphatic heterocycles. The summed E-state index contributed by atoms with van der Waals surface area (Å²) in [6.07, 6.45) is -0.360. The summed E-state index contributed by atoms with van der Waals surface area (Å²) in [6, 6.07) is 4.08. The van der Waals surface area contributed by atoms with Crippen molar-refractivity contribution >= 4 is 17.3 Å². The summed E-state index contributed by atoms with van der Waals surface area (Å²) in [5.41, 5.74) is -0.125. The van der Waals surface area contributed by atoms with E-state index in [0.717, 1.165) is 0 Å². The van der Waals surface area contributed by atoms with Crippen molar-refractivity contribution in [1.82, 2.24) is 0 Å². The third-order valence-corrected chi connectivity index (χ3v) is 5.17. The maximum atomic E-state index is 10.8. The standard InChI is InChI=1S/C26H44ClNO13/c1-31-26(32-2)22-40-16-15-38-12-11-36-8-7-34-4-3-33-5-6-35-9-10-37-13-14-39-17-18-41-25-20-23(27)19-24(21-25)28(29)30/h19-21,26H,3-18,22H2,1-2H3. The Bertz CT molecular complexity index is 758. The molecule has 1 aromatic carbocycles. The van der Waals surface area contributed by atoms with Crippen molar-refractivity contribution in [2.24, 2.45) is 0 Å². The van der Waals surface area contributed by atoms with Crippen molar-refractivity contribution in [1.29, 1.82) is 0 Å². The lowest BCUT2D eigenvalue weighted by Crippen LogP contribution is -2.21. The summed E-state index contributed by atoms with van der Waals surface area (Å²) >= 11 is 5.85. The summed E-state index contributed by atoms with van der Waals surface area (Å²) < 4.78 is 58.8. The van der Waals surface area contributed by atoms with Gasteiger partial charge in [-0.25, -0.2) is 0 Å². The van der Waals surface area contributed by atoms with Gasteiger partial charge in [-0.1, -0.05) is 11.6 Å². The van der Waals surface area contributed by atoms with Crippen LogP contribution in [0.5, 0.6) is 5.75 Å². The van der Waals surface area contributed by atoms with Crippen LogP contribution in [0.4, 0.5) is 5.69 Å². The maximum absolute atomic E-state index is 10.8. The van der Waals surface area contributed by atoms with Gasteiger partial charge in [-0.15, -0.1) is 0 Å². The van der Waals surface area contributed by atoms with Crippen LogP contribution in [0.15, 0.2) is 18.2 Å². The molecular formula is C26H44ClNO13. The van der Waals surface area contributed by atoms with Crippen LogP contribution in [0, 0.1) is 10.1 Å². The zero-order chi connectivity index (χ0) is 29.8. The SMILES string of the molecule is COC(COCCOCCOCCOCCOCCOCCOCCOCCOc1cc(Cl)cc([N+](=O)[O-])c1)OC. The fourth-order valence-electron chi connectivity index (χ4n) is 2.91. The molecule has 0 amide bonds. The predicted molar refractivity (Wildman–Crippen MR) is 148 cm³/mol. The number of nitrogens with zero attached hydrogens (tertiary/aromatic N) is 1. The molecule has 0 fully saturated rings. The minimum Gasteiger partial charge on any atom is -0.491 e. The van der Waals surface area contributed by atoms with Crippen LogP contribution in [-0.2, 0) is 47.4 Å². The summed E-state index contributed by atoms with van der Waals surface area (Å²) in [4.78, 5) is 10.3. The maximum Gasteiger partial charge on any atom is 0.274 e. The zero-order valence-electron chi connectivity index (χ0n) is 24.0. The topological polar surface area (TPSA) is 145 Å². The van der Waals surface area contributed by atoms with Crippen molar-refractivity contribution in [2.45, 2.75) is 6.29 Å². The number of benzene rings is 1. The van der Waals surface area contributed by atoms with Gasteiger partial charge in [0.2, 0.25) is 0 Å². The largest absolute Gasteiger partial charge is 0.491 e. The molecule has 238 valence electrons. The van der Waals surface area contributed by atoms with E-state index in [1.807, 2.05) is 0 Å². The lowest BCUT2D eigenvalue weighted by atomic mass is 10.3. The molecule has 0 saturated heterocycles. The molecule has 0 bridgehead atoms. The molecule has 0 aromatic heterocycles. The number of rotatable bonds is 30. The van der Waals surface area contributed by atoms with E-state index in [2.05, 4.69) is 0 Å². The van der Waals surface area contributed by atoms with E-state index in [1.54, 1.807) is 14.2 Å². The summed E-state index contributed by atoms with van der Waals surface area (Å²) in [7, 11) is 3.12. The highest BCUT2D eigenvalue weighted by atomic mass is 35.5. The molecule has 0 saturated carbocycles. The normalized spacial score (nSPS) is 11.4. The van der Waals surface area contributed by atoms with Crippen molar-refractivity contribution < 1.29 is 57.0 Å². The number of hydrogen-bond donors (Lipinski definition) is 0. The third-order valence-electron chi connectivity index (χ3n) is 4.95. The summed E-state index contributed by atoms with van der Waals surface area (Å²) in [5.74, 6) is 0.319. The minimum absolute atomic E-state index is 0.125. The van der Waals surface area contributed by atoms with E-state index in [1.165, 1.54) is 18.2 Å². The van der Waals surface area contributed by atoms with Crippen molar-refractivity contribution in [3.63, 3.8) is 0 Å². The molecular weight excluding hydrogens is 570 g/mol. The fraction of sp³-hybridized carbons (Fsp3) is 0.769. The first-order valence-electron chi connectivity index (χ1n) is 13.3. The highest BCUT2D eigenvalue weighted by Crippen LogP contribution is 2.25. The first-order chi connectivity index (χ1) is 20.1. The van der Waals surface area contributed by atoms with Crippen molar-refractivity contribution in [3.8, 4) is 5.75 Å². The van der Waals surface area contributed by atoms with Crippen molar-refractivity contribution in [3.05, 3.63) is 33.3 Å². The Kier molecular flexibility index (Phi) is 24.7. The number of non-ortho nitro benzene ring substituents is 1. The Morgan fingerprint density at radius 1 is 0.610 bits per heavy atom. The smallest absolute Gasteiger partial charge is 0.274 e. The van der Waals surface area contributed by atoms with Gasteiger partial charge in [0.05, 0.1) is 122 Å². The van der Waals surface area contributed by atoms with Crippen LogP contribution < -0.4 is 4.74 Å². The number of methoxy groups -OCH3 is 2. The predicted octanol–water partition coefficient (Wildman–Crippen LogP) is 2.38. The number of halogens is 1. The number of nitro groups is 1. The monoisotopic (exact) mass is 613 g/mol. The Morgan fingerprint density at radius 2 is 0.976 bits per heavy atom. The minimum atomic E-state index is -0.526. The highest BCUT2D eigenvalue weighted by Gasteiger charge is 2.09. The molecule has 14 nitrogen and oxygen atoms in total. The van der Waals surface area contributed by atoms with E-state index >= 15 is 0 Å². The van der Waals surface area contributed by atoms with E-state index in [9.17, 15) is 10.1 Å². The van der Waals surface area contributed by atoms with E-state index in [4.69, 9.17) is 63.7 Å². The molecule has 0 N–H and O–H groups in total. The zero-order valence-corrected chi connectivity index (χ0v) is 24.7. The van der Waals surface area contributed by atoms with Crippen LogP contribution in [0.3, 0.4) is 0 Å². The quantitative estimate of drug-likeness (QED) is 0.0542. The second-order valence-corrected chi connectivity index (χ2v) is 8.45. The molecule has 0 radical (unpaired) electrons. The second-order valence-electron chi connectivity index (χ2n) is 8.01. The molecule has 1 aromatic rings. The molecule has 0 heterocycles. The summed E-state index contributed by atoms with van der Waals surface area (Å²) in [5, 5.41) is 11.1. The molecule has 0 spiro atoms. The van der Waals surface area contributed by atoms with Crippen LogP contribution in [0.1, 0.15) is 0 Å².